The van der Waals surface area contributed by atoms with Gasteiger partial charge >= 0.3 is 6.03 Å². The van der Waals surface area contributed by atoms with E-state index in [-0.39, 0.29) is 11.9 Å². The number of amides is 2. The number of carbonyl (C=O) groups is 1. The van der Waals surface area contributed by atoms with Crippen LogP contribution in [0.1, 0.15) is 37.4 Å². The van der Waals surface area contributed by atoms with Gasteiger partial charge in [-0.1, -0.05) is 32.0 Å². The predicted molar refractivity (Wildman–Crippen MR) is 102 cm³/mol. The van der Waals surface area contributed by atoms with Gasteiger partial charge in [-0.05, 0) is 36.5 Å². The maximum atomic E-state index is 12.3. The molecule has 0 fully saturated rings. The van der Waals surface area contributed by atoms with Crippen molar-refractivity contribution in [1.82, 2.24) is 25.3 Å². The zero-order chi connectivity index (χ0) is 18.4. The first-order valence-electron chi connectivity index (χ1n) is 8.81. The number of hydrogen-bond acceptors (Lipinski definition) is 3. The molecule has 2 amide bonds. The predicted octanol–water partition coefficient (Wildman–Crippen LogP) is 3.47. The van der Waals surface area contributed by atoms with Crippen LogP contribution in [-0.2, 0) is 6.42 Å². The number of aromatic amines is 1. The minimum atomic E-state index is -0.232. The van der Waals surface area contributed by atoms with Crippen LogP contribution in [0.2, 0.25) is 0 Å². The highest BCUT2D eigenvalue weighted by atomic mass is 16.2. The molecule has 3 aromatic rings. The first-order valence-corrected chi connectivity index (χ1v) is 8.81. The van der Waals surface area contributed by atoms with Crippen LogP contribution in [0, 0.1) is 0 Å². The van der Waals surface area contributed by atoms with Crippen LogP contribution in [-0.4, -0.2) is 32.6 Å². The zero-order valence-corrected chi connectivity index (χ0v) is 15.1. The van der Waals surface area contributed by atoms with E-state index in [2.05, 4.69) is 39.8 Å². The number of aryl methyl sites for hydroxylation is 1. The number of rotatable bonds is 7. The first-order chi connectivity index (χ1) is 12.6. The molecule has 7 heteroatoms. The van der Waals surface area contributed by atoms with Crippen molar-refractivity contribution in [3.05, 3.63) is 60.0 Å². The van der Waals surface area contributed by atoms with E-state index < -0.39 is 0 Å². The van der Waals surface area contributed by atoms with Crippen molar-refractivity contribution >= 4 is 11.8 Å². The Labute approximate surface area is 152 Å². The second-order valence-electron chi connectivity index (χ2n) is 6.45. The monoisotopic (exact) mass is 352 g/mol. The second kappa shape index (κ2) is 8.33. The van der Waals surface area contributed by atoms with Gasteiger partial charge in [0.1, 0.15) is 5.82 Å². The summed E-state index contributed by atoms with van der Waals surface area (Å²) in [5.74, 6) is 0.936. The number of H-pyrrole nitrogens is 1. The molecule has 3 N–H and O–H groups in total. The minimum Gasteiger partial charge on any atom is -0.338 e. The number of carbonyl (C=O) groups excluding carboxylic acids is 1. The number of benzene rings is 1. The molecule has 7 nitrogen and oxygen atoms in total. The molecule has 2 aromatic heterocycles. The highest BCUT2D eigenvalue weighted by Crippen LogP contribution is 2.21. The van der Waals surface area contributed by atoms with Crippen LogP contribution in [0.3, 0.4) is 0 Å². The molecule has 0 spiro atoms. The lowest BCUT2D eigenvalue weighted by Gasteiger charge is -2.10. The van der Waals surface area contributed by atoms with Gasteiger partial charge in [-0.15, -0.1) is 0 Å². The third-order valence-corrected chi connectivity index (χ3v) is 4.04. The molecule has 0 unspecified atom stereocenters. The maximum Gasteiger partial charge on any atom is 0.320 e. The van der Waals surface area contributed by atoms with E-state index in [4.69, 9.17) is 0 Å². The van der Waals surface area contributed by atoms with Crippen molar-refractivity contribution in [3.63, 3.8) is 0 Å². The van der Waals surface area contributed by atoms with Gasteiger partial charge in [-0.25, -0.2) is 9.48 Å². The fourth-order valence-electron chi connectivity index (χ4n) is 2.61. The topological polar surface area (TPSA) is 87.6 Å². The van der Waals surface area contributed by atoms with E-state index >= 15 is 0 Å². The van der Waals surface area contributed by atoms with Gasteiger partial charge in [-0.2, -0.15) is 10.2 Å². The Hall–Kier alpha value is -3.09. The number of hydrogen-bond donors (Lipinski definition) is 3. The van der Waals surface area contributed by atoms with E-state index in [1.54, 1.807) is 10.9 Å². The van der Waals surface area contributed by atoms with Crippen LogP contribution in [0.5, 0.6) is 0 Å². The van der Waals surface area contributed by atoms with E-state index in [9.17, 15) is 4.79 Å². The van der Waals surface area contributed by atoms with Crippen molar-refractivity contribution in [1.29, 1.82) is 0 Å². The number of nitrogens with one attached hydrogen (secondary N) is 3. The molecule has 136 valence electrons. The summed E-state index contributed by atoms with van der Waals surface area (Å²) in [6.45, 7) is 4.75. The van der Waals surface area contributed by atoms with Gasteiger partial charge in [0.25, 0.3) is 0 Å². The standard InChI is InChI=1S/C19H24N6O/c1-14(2)17-11-18(25(24-17)16-8-4-3-5-9-16)23-19(26)20-10-6-7-15-12-21-22-13-15/h3-5,8-9,11-14H,6-7,10H2,1-2H3,(H,21,22)(H2,20,23,26). The Kier molecular flexibility index (Phi) is 5.68. The average molecular weight is 352 g/mol. The van der Waals surface area contributed by atoms with Crippen LogP contribution in [0.15, 0.2) is 48.8 Å². The molecular weight excluding hydrogens is 328 g/mol. The smallest absolute Gasteiger partial charge is 0.320 e. The first kappa shape index (κ1) is 17.7. The van der Waals surface area contributed by atoms with E-state index in [0.717, 1.165) is 29.8 Å². The number of para-hydroxylation sites is 1. The molecule has 0 saturated carbocycles. The molecule has 26 heavy (non-hydrogen) atoms. The molecule has 0 aliphatic carbocycles. The lowest BCUT2D eigenvalue weighted by atomic mass is 10.1. The Morgan fingerprint density at radius 3 is 2.77 bits per heavy atom. The molecule has 0 aliphatic heterocycles. The average Bonchev–Trinajstić information content (AvgIpc) is 3.29. The summed E-state index contributed by atoms with van der Waals surface area (Å²) in [7, 11) is 0. The third kappa shape index (κ3) is 4.50. The quantitative estimate of drug-likeness (QED) is 0.569. The summed E-state index contributed by atoms with van der Waals surface area (Å²) in [6, 6.07) is 11.5. The van der Waals surface area contributed by atoms with Crippen molar-refractivity contribution in [2.75, 3.05) is 11.9 Å². The molecular formula is C19H24N6O. The fourth-order valence-corrected chi connectivity index (χ4v) is 2.61. The molecule has 0 aliphatic rings. The van der Waals surface area contributed by atoms with Gasteiger partial charge in [0.05, 0.1) is 17.6 Å². The number of nitrogens with zero attached hydrogens (tertiary/aromatic N) is 3. The van der Waals surface area contributed by atoms with E-state index in [0.29, 0.717) is 12.4 Å². The van der Waals surface area contributed by atoms with E-state index in [1.165, 1.54) is 0 Å². The normalized spacial score (nSPS) is 10.9. The molecule has 0 saturated heterocycles. The Morgan fingerprint density at radius 2 is 2.08 bits per heavy atom. The molecule has 1 aromatic carbocycles. The molecule has 3 rings (SSSR count). The molecule has 0 atom stereocenters. The summed E-state index contributed by atoms with van der Waals surface area (Å²) in [6.07, 6.45) is 5.39. The summed E-state index contributed by atoms with van der Waals surface area (Å²) >= 11 is 0. The number of urea groups is 1. The Morgan fingerprint density at radius 1 is 1.27 bits per heavy atom. The van der Waals surface area contributed by atoms with Crippen molar-refractivity contribution in [2.45, 2.75) is 32.6 Å². The van der Waals surface area contributed by atoms with Crippen LogP contribution in [0.4, 0.5) is 10.6 Å². The summed E-state index contributed by atoms with van der Waals surface area (Å²) < 4.78 is 1.76. The Balaban J connectivity index is 1.61. The molecule has 0 radical (unpaired) electrons. The highest BCUT2D eigenvalue weighted by molar-refractivity contribution is 5.88. The molecule has 2 heterocycles. The van der Waals surface area contributed by atoms with Crippen LogP contribution >= 0.6 is 0 Å². The molecule has 0 bridgehead atoms. The minimum absolute atomic E-state index is 0.232. The second-order valence-corrected chi connectivity index (χ2v) is 6.45. The largest absolute Gasteiger partial charge is 0.338 e. The number of aromatic nitrogens is 4. The fraction of sp³-hybridized carbons (Fsp3) is 0.316. The third-order valence-electron chi connectivity index (χ3n) is 4.04. The van der Waals surface area contributed by atoms with Crippen LogP contribution < -0.4 is 10.6 Å². The zero-order valence-electron chi connectivity index (χ0n) is 15.1. The van der Waals surface area contributed by atoms with Gasteiger partial charge in [0.15, 0.2) is 0 Å². The SMILES string of the molecule is CC(C)c1cc(NC(=O)NCCCc2cn[nH]c2)n(-c2ccccc2)n1. The summed E-state index contributed by atoms with van der Waals surface area (Å²) in [4.78, 5) is 12.3. The van der Waals surface area contributed by atoms with Gasteiger partial charge in [0.2, 0.25) is 0 Å². The highest BCUT2D eigenvalue weighted by Gasteiger charge is 2.14. The van der Waals surface area contributed by atoms with Gasteiger partial charge in [0, 0.05) is 18.8 Å². The van der Waals surface area contributed by atoms with Gasteiger partial charge < -0.3 is 5.32 Å². The Bertz CT molecular complexity index is 823. The number of anilines is 1. The van der Waals surface area contributed by atoms with Crippen molar-refractivity contribution in [3.8, 4) is 5.69 Å². The van der Waals surface area contributed by atoms with Crippen molar-refractivity contribution in [2.24, 2.45) is 0 Å². The summed E-state index contributed by atoms with van der Waals surface area (Å²) in [5, 5.41) is 17.1. The van der Waals surface area contributed by atoms with Crippen LogP contribution in [0.25, 0.3) is 5.69 Å². The van der Waals surface area contributed by atoms with E-state index in [1.807, 2.05) is 42.6 Å². The maximum absolute atomic E-state index is 12.3. The summed E-state index contributed by atoms with van der Waals surface area (Å²) in [5.41, 5.74) is 2.98. The lowest BCUT2D eigenvalue weighted by Crippen LogP contribution is -2.30. The lowest BCUT2D eigenvalue weighted by molar-refractivity contribution is 0.252. The van der Waals surface area contributed by atoms with Crippen molar-refractivity contribution < 1.29 is 4.79 Å². The van der Waals surface area contributed by atoms with Gasteiger partial charge in [-0.3, -0.25) is 10.4 Å².